The predicted octanol–water partition coefficient (Wildman–Crippen LogP) is 0.638. The smallest absolute Gasteiger partial charge is 0.243 e. The zero-order valence-corrected chi connectivity index (χ0v) is 11.3. The number of benzene rings is 1. The van der Waals surface area contributed by atoms with Crippen molar-refractivity contribution < 1.29 is 12.8 Å². The summed E-state index contributed by atoms with van der Waals surface area (Å²) in [4.78, 5) is 1.53. The molecule has 7 heteroatoms. The maximum Gasteiger partial charge on any atom is 0.243 e. The summed E-state index contributed by atoms with van der Waals surface area (Å²) in [6.45, 7) is 1.01. The maximum atomic E-state index is 13.4. The van der Waals surface area contributed by atoms with E-state index in [0.717, 1.165) is 18.7 Å². The number of hydrogen-bond acceptors (Lipinski definition) is 4. The minimum atomic E-state index is -3.83. The van der Waals surface area contributed by atoms with Crippen LogP contribution in [0.5, 0.6) is 0 Å². The highest BCUT2D eigenvalue weighted by molar-refractivity contribution is 7.89. The van der Waals surface area contributed by atoms with E-state index in [2.05, 4.69) is 4.72 Å². The molecule has 0 aliphatic heterocycles. The number of nitrogens with one attached hydrogen (secondary N) is 1. The Morgan fingerprint density at radius 1 is 1.39 bits per heavy atom. The lowest BCUT2D eigenvalue weighted by Crippen LogP contribution is -2.28. The summed E-state index contributed by atoms with van der Waals surface area (Å²) in [5, 5.41) is 0. The van der Waals surface area contributed by atoms with E-state index < -0.39 is 20.7 Å². The third-order valence-corrected chi connectivity index (χ3v) is 3.80. The summed E-state index contributed by atoms with van der Waals surface area (Å²) in [5.41, 5.74) is 5.67. The zero-order valence-electron chi connectivity index (χ0n) is 10.5. The summed E-state index contributed by atoms with van der Waals surface area (Å²) in [5.74, 6) is -0.802. The highest BCUT2D eigenvalue weighted by atomic mass is 32.2. The monoisotopic (exact) mass is 275 g/mol. The molecular formula is C11H18FN3O2S. The van der Waals surface area contributed by atoms with Gasteiger partial charge in [-0.05, 0) is 45.3 Å². The Labute approximate surface area is 107 Å². The van der Waals surface area contributed by atoms with E-state index in [1.807, 2.05) is 19.0 Å². The number of sulfonamides is 1. The molecule has 0 aliphatic rings. The van der Waals surface area contributed by atoms with Crippen molar-refractivity contribution in [2.75, 3.05) is 32.9 Å². The fourth-order valence-corrected chi connectivity index (χ4v) is 2.59. The number of hydrogen-bond donors (Lipinski definition) is 2. The second-order valence-electron chi connectivity index (χ2n) is 4.24. The van der Waals surface area contributed by atoms with Crippen molar-refractivity contribution in [2.45, 2.75) is 11.3 Å². The molecule has 5 nitrogen and oxygen atoms in total. The molecule has 102 valence electrons. The summed E-state index contributed by atoms with van der Waals surface area (Å²) < 4.78 is 39.4. The molecule has 0 spiro atoms. The van der Waals surface area contributed by atoms with Crippen LogP contribution >= 0.6 is 0 Å². The van der Waals surface area contributed by atoms with E-state index in [4.69, 9.17) is 5.73 Å². The molecule has 0 heterocycles. The highest BCUT2D eigenvalue weighted by Crippen LogP contribution is 2.17. The van der Waals surface area contributed by atoms with Crippen LogP contribution in [0.25, 0.3) is 0 Å². The first-order valence-corrected chi connectivity index (χ1v) is 7.00. The van der Waals surface area contributed by atoms with Crippen LogP contribution in [0.3, 0.4) is 0 Å². The molecule has 0 bridgehead atoms. The maximum absolute atomic E-state index is 13.4. The predicted molar refractivity (Wildman–Crippen MR) is 69.2 cm³/mol. The van der Waals surface area contributed by atoms with E-state index in [-0.39, 0.29) is 12.2 Å². The van der Waals surface area contributed by atoms with Gasteiger partial charge in [-0.2, -0.15) is 0 Å². The Morgan fingerprint density at radius 3 is 2.67 bits per heavy atom. The fourth-order valence-electron chi connectivity index (χ4n) is 1.41. The molecule has 1 aromatic rings. The molecule has 0 aliphatic carbocycles. The van der Waals surface area contributed by atoms with Crippen LogP contribution in [-0.4, -0.2) is 40.5 Å². The van der Waals surface area contributed by atoms with Crippen LogP contribution in [0, 0.1) is 5.82 Å². The van der Waals surface area contributed by atoms with Gasteiger partial charge in [0.2, 0.25) is 10.0 Å². The van der Waals surface area contributed by atoms with Crippen molar-refractivity contribution in [3.8, 4) is 0 Å². The molecule has 0 amide bonds. The third kappa shape index (κ3) is 4.25. The normalized spacial score (nSPS) is 12.0. The first-order chi connectivity index (χ1) is 8.33. The third-order valence-electron chi connectivity index (χ3n) is 2.32. The van der Waals surface area contributed by atoms with Crippen LogP contribution in [-0.2, 0) is 10.0 Å². The number of nitrogens with zero attached hydrogens (tertiary/aromatic N) is 1. The molecule has 0 saturated carbocycles. The minimum Gasteiger partial charge on any atom is -0.399 e. The van der Waals surface area contributed by atoms with Crippen molar-refractivity contribution >= 4 is 15.7 Å². The van der Waals surface area contributed by atoms with Crippen molar-refractivity contribution in [2.24, 2.45) is 0 Å². The van der Waals surface area contributed by atoms with E-state index >= 15 is 0 Å². The van der Waals surface area contributed by atoms with Gasteiger partial charge in [0.05, 0.1) is 0 Å². The Balaban J connectivity index is 2.71. The van der Waals surface area contributed by atoms with Gasteiger partial charge in [-0.1, -0.05) is 0 Å². The van der Waals surface area contributed by atoms with E-state index in [1.54, 1.807) is 0 Å². The molecule has 1 rings (SSSR count). The van der Waals surface area contributed by atoms with Gasteiger partial charge in [-0.15, -0.1) is 0 Å². The second kappa shape index (κ2) is 6.12. The average molecular weight is 275 g/mol. The fraction of sp³-hybridized carbons (Fsp3) is 0.455. The quantitative estimate of drug-likeness (QED) is 0.590. The van der Waals surface area contributed by atoms with Crippen molar-refractivity contribution in [1.82, 2.24) is 9.62 Å². The lowest BCUT2D eigenvalue weighted by atomic mass is 10.3. The average Bonchev–Trinajstić information content (AvgIpc) is 2.27. The Bertz CT molecular complexity index is 503. The molecule has 0 aromatic heterocycles. The number of nitrogen functional groups attached to an aromatic ring is 1. The molecular weight excluding hydrogens is 257 g/mol. The van der Waals surface area contributed by atoms with Gasteiger partial charge in [-0.25, -0.2) is 17.5 Å². The molecule has 3 N–H and O–H groups in total. The summed E-state index contributed by atoms with van der Waals surface area (Å²) in [6, 6.07) is 3.48. The minimum absolute atomic E-state index is 0.213. The largest absolute Gasteiger partial charge is 0.399 e. The van der Waals surface area contributed by atoms with Crippen LogP contribution in [0.1, 0.15) is 6.42 Å². The molecule has 18 heavy (non-hydrogen) atoms. The van der Waals surface area contributed by atoms with Crippen LogP contribution in [0.2, 0.25) is 0 Å². The summed E-state index contributed by atoms with van der Waals surface area (Å²) in [7, 11) is -0.0451. The van der Waals surface area contributed by atoms with Crippen molar-refractivity contribution in [3.05, 3.63) is 24.0 Å². The van der Waals surface area contributed by atoms with Gasteiger partial charge < -0.3 is 10.6 Å². The molecule has 0 atom stereocenters. The van der Waals surface area contributed by atoms with Crippen LogP contribution in [0.4, 0.5) is 10.1 Å². The van der Waals surface area contributed by atoms with E-state index in [0.29, 0.717) is 6.42 Å². The Morgan fingerprint density at radius 2 is 2.06 bits per heavy atom. The number of nitrogens with two attached hydrogens (primary N) is 1. The number of anilines is 1. The lowest BCUT2D eigenvalue weighted by molar-refractivity contribution is 0.400. The molecule has 0 unspecified atom stereocenters. The number of rotatable bonds is 6. The van der Waals surface area contributed by atoms with Gasteiger partial charge in [0.15, 0.2) is 0 Å². The van der Waals surface area contributed by atoms with Gasteiger partial charge >= 0.3 is 0 Å². The van der Waals surface area contributed by atoms with Crippen LogP contribution in [0.15, 0.2) is 23.1 Å². The SMILES string of the molecule is CN(C)CCCNS(=O)(=O)c1cc(N)ccc1F. The summed E-state index contributed by atoms with van der Waals surface area (Å²) in [6.07, 6.45) is 0.649. The van der Waals surface area contributed by atoms with Gasteiger partial charge in [0.25, 0.3) is 0 Å². The van der Waals surface area contributed by atoms with Gasteiger partial charge in [0.1, 0.15) is 10.7 Å². The first-order valence-electron chi connectivity index (χ1n) is 5.52. The number of halogens is 1. The summed E-state index contributed by atoms with van der Waals surface area (Å²) >= 11 is 0. The first kappa shape index (κ1) is 14.9. The van der Waals surface area contributed by atoms with E-state index in [1.165, 1.54) is 6.07 Å². The second-order valence-corrected chi connectivity index (χ2v) is 5.98. The molecule has 0 fully saturated rings. The molecule has 0 radical (unpaired) electrons. The van der Waals surface area contributed by atoms with Gasteiger partial charge in [0, 0.05) is 12.2 Å². The van der Waals surface area contributed by atoms with E-state index in [9.17, 15) is 12.8 Å². The topological polar surface area (TPSA) is 75.4 Å². The standard InChI is InChI=1S/C11H18FN3O2S/c1-15(2)7-3-6-14-18(16,17)11-8-9(13)4-5-10(11)12/h4-5,8,14H,3,6-7,13H2,1-2H3. The molecule has 1 aromatic carbocycles. The van der Waals surface area contributed by atoms with Gasteiger partial charge in [-0.3, -0.25) is 0 Å². The zero-order chi connectivity index (χ0) is 13.8. The lowest BCUT2D eigenvalue weighted by Gasteiger charge is -2.11. The van der Waals surface area contributed by atoms with Crippen molar-refractivity contribution in [3.63, 3.8) is 0 Å². The highest BCUT2D eigenvalue weighted by Gasteiger charge is 2.18. The Kier molecular flexibility index (Phi) is 5.06. The van der Waals surface area contributed by atoms with Crippen molar-refractivity contribution in [1.29, 1.82) is 0 Å². The Hall–Kier alpha value is -1.18. The van der Waals surface area contributed by atoms with Crippen LogP contribution < -0.4 is 10.5 Å². The molecule has 0 saturated heterocycles.